The van der Waals surface area contributed by atoms with Gasteiger partial charge in [0.25, 0.3) is 5.91 Å². The summed E-state index contributed by atoms with van der Waals surface area (Å²) in [5, 5.41) is 7.31. The number of benzene rings is 1. The van der Waals surface area contributed by atoms with Crippen LogP contribution in [0.2, 0.25) is 0 Å². The highest BCUT2D eigenvalue weighted by molar-refractivity contribution is 5.93. The van der Waals surface area contributed by atoms with Crippen molar-refractivity contribution in [3.8, 4) is 5.69 Å². The van der Waals surface area contributed by atoms with Crippen LogP contribution >= 0.6 is 0 Å². The molecule has 1 amide bonds. The topological polar surface area (TPSA) is 51.3 Å². The molecule has 0 saturated carbocycles. The zero-order chi connectivity index (χ0) is 17.2. The van der Waals surface area contributed by atoms with Gasteiger partial charge in [0.15, 0.2) is 5.69 Å². The number of amides is 1. The lowest BCUT2D eigenvalue weighted by molar-refractivity contribution is 0.0934. The highest BCUT2D eigenvalue weighted by Gasteiger charge is 2.14. The molecular formula is C20H18N4O. The van der Waals surface area contributed by atoms with E-state index in [0.717, 1.165) is 16.8 Å². The zero-order valence-corrected chi connectivity index (χ0v) is 13.8. The van der Waals surface area contributed by atoms with Gasteiger partial charge in [0.2, 0.25) is 0 Å². The summed E-state index contributed by atoms with van der Waals surface area (Å²) >= 11 is 0. The molecule has 5 nitrogen and oxygen atoms in total. The first-order valence-corrected chi connectivity index (χ1v) is 8.19. The molecule has 3 aromatic heterocycles. The van der Waals surface area contributed by atoms with Crippen LogP contribution in [0.1, 0.15) is 29.0 Å². The Morgan fingerprint density at radius 1 is 1.00 bits per heavy atom. The third-order valence-electron chi connectivity index (χ3n) is 4.25. The Hall–Kier alpha value is -3.34. The Labute approximate surface area is 145 Å². The summed E-state index contributed by atoms with van der Waals surface area (Å²) in [5.41, 5.74) is 3.46. The Kier molecular flexibility index (Phi) is 3.82. The fourth-order valence-electron chi connectivity index (χ4n) is 2.84. The predicted molar refractivity (Wildman–Crippen MR) is 96.8 cm³/mol. The van der Waals surface area contributed by atoms with Gasteiger partial charge in [0.1, 0.15) is 0 Å². The Bertz CT molecular complexity index is 967. The first-order chi connectivity index (χ1) is 12.2. The van der Waals surface area contributed by atoms with Crippen molar-refractivity contribution >= 4 is 11.4 Å². The number of pyridine rings is 1. The maximum absolute atomic E-state index is 12.5. The minimum atomic E-state index is -0.175. The second-order valence-electron chi connectivity index (χ2n) is 5.98. The molecule has 5 heteroatoms. The molecule has 0 fully saturated rings. The van der Waals surface area contributed by atoms with Crippen LogP contribution in [0.15, 0.2) is 79.3 Å². The quantitative estimate of drug-likeness (QED) is 0.621. The van der Waals surface area contributed by atoms with Gasteiger partial charge in [-0.05, 0) is 55.0 Å². The van der Waals surface area contributed by atoms with Crippen molar-refractivity contribution in [3.63, 3.8) is 0 Å². The molecule has 3 heterocycles. The molecule has 4 aromatic rings. The molecule has 1 aromatic carbocycles. The Morgan fingerprint density at radius 3 is 2.44 bits per heavy atom. The van der Waals surface area contributed by atoms with Crippen molar-refractivity contribution in [1.82, 2.24) is 19.5 Å². The number of nitrogens with one attached hydrogen (secondary N) is 1. The number of hydrogen-bond acceptors (Lipinski definition) is 2. The van der Waals surface area contributed by atoms with Gasteiger partial charge in [-0.1, -0.05) is 18.2 Å². The lowest BCUT2D eigenvalue weighted by Crippen LogP contribution is -2.27. The number of fused-ring (bicyclic) bond motifs is 1. The van der Waals surface area contributed by atoms with Crippen LogP contribution in [-0.4, -0.2) is 20.1 Å². The molecule has 4 rings (SSSR count). The molecule has 1 N–H and O–H groups in total. The van der Waals surface area contributed by atoms with E-state index < -0.39 is 0 Å². The van der Waals surface area contributed by atoms with E-state index in [0.29, 0.717) is 5.69 Å². The molecular weight excluding hydrogens is 312 g/mol. The zero-order valence-electron chi connectivity index (χ0n) is 13.8. The number of rotatable bonds is 4. The second kappa shape index (κ2) is 6.28. The van der Waals surface area contributed by atoms with Gasteiger partial charge in [0, 0.05) is 24.3 Å². The largest absolute Gasteiger partial charge is 0.344 e. The predicted octanol–water partition coefficient (Wildman–Crippen LogP) is 3.62. The van der Waals surface area contributed by atoms with E-state index in [1.807, 2.05) is 84.7 Å². The van der Waals surface area contributed by atoms with E-state index in [1.165, 1.54) is 0 Å². The Morgan fingerprint density at radius 2 is 1.72 bits per heavy atom. The third-order valence-corrected chi connectivity index (χ3v) is 4.25. The number of hydrogen-bond donors (Lipinski definition) is 1. The van der Waals surface area contributed by atoms with Gasteiger partial charge in [-0.2, -0.15) is 5.10 Å². The van der Waals surface area contributed by atoms with E-state index in [9.17, 15) is 4.79 Å². The average molecular weight is 330 g/mol. The fraction of sp³-hybridized carbons (Fsp3) is 0.100. The third kappa shape index (κ3) is 3.04. The molecule has 0 unspecified atom stereocenters. The number of aromatic nitrogens is 3. The van der Waals surface area contributed by atoms with Gasteiger partial charge in [-0.15, -0.1) is 0 Å². The van der Waals surface area contributed by atoms with Gasteiger partial charge in [-0.25, -0.2) is 4.52 Å². The van der Waals surface area contributed by atoms with E-state index in [-0.39, 0.29) is 11.9 Å². The van der Waals surface area contributed by atoms with Crippen molar-refractivity contribution in [2.24, 2.45) is 0 Å². The number of nitrogens with zero attached hydrogens (tertiary/aromatic N) is 3. The maximum atomic E-state index is 12.5. The molecule has 0 saturated heterocycles. The highest BCUT2D eigenvalue weighted by Crippen LogP contribution is 2.17. The van der Waals surface area contributed by atoms with Gasteiger partial charge in [-0.3, -0.25) is 4.79 Å². The summed E-state index contributed by atoms with van der Waals surface area (Å²) in [7, 11) is 0. The van der Waals surface area contributed by atoms with Gasteiger partial charge < -0.3 is 9.88 Å². The molecule has 0 spiro atoms. The van der Waals surface area contributed by atoms with Crippen LogP contribution < -0.4 is 5.32 Å². The summed E-state index contributed by atoms with van der Waals surface area (Å²) in [5.74, 6) is -0.175. The number of carbonyl (C=O) groups is 1. The molecule has 0 aliphatic heterocycles. The highest BCUT2D eigenvalue weighted by atomic mass is 16.2. The normalized spacial score (nSPS) is 12.2. The smallest absolute Gasteiger partial charge is 0.272 e. The summed E-state index contributed by atoms with van der Waals surface area (Å²) in [6, 6.07) is 19.6. The molecule has 25 heavy (non-hydrogen) atoms. The molecule has 0 bridgehead atoms. The fourth-order valence-corrected chi connectivity index (χ4v) is 2.84. The SMILES string of the molecule is C[C@@H](NC(=O)c1cc2ccccn2n1)c1ccc(-n2cccc2)cc1. The van der Waals surface area contributed by atoms with Crippen molar-refractivity contribution in [2.75, 3.05) is 0 Å². The van der Waals surface area contributed by atoms with Crippen molar-refractivity contribution in [3.05, 3.63) is 90.5 Å². The van der Waals surface area contributed by atoms with Crippen LogP contribution in [0.3, 0.4) is 0 Å². The summed E-state index contributed by atoms with van der Waals surface area (Å²) in [4.78, 5) is 12.5. The second-order valence-corrected chi connectivity index (χ2v) is 5.98. The van der Waals surface area contributed by atoms with Crippen molar-refractivity contribution < 1.29 is 4.79 Å². The summed E-state index contributed by atoms with van der Waals surface area (Å²) in [6.45, 7) is 1.97. The van der Waals surface area contributed by atoms with E-state index in [4.69, 9.17) is 0 Å². The van der Waals surface area contributed by atoms with E-state index in [1.54, 1.807) is 10.6 Å². The maximum Gasteiger partial charge on any atom is 0.272 e. The van der Waals surface area contributed by atoms with Crippen LogP contribution in [0.25, 0.3) is 11.2 Å². The summed E-state index contributed by atoms with van der Waals surface area (Å²) < 4.78 is 3.75. The number of carbonyl (C=O) groups excluding carboxylic acids is 1. The minimum Gasteiger partial charge on any atom is -0.344 e. The summed E-state index contributed by atoms with van der Waals surface area (Å²) in [6.07, 6.45) is 5.84. The molecule has 0 aliphatic carbocycles. The average Bonchev–Trinajstić information content (AvgIpc) is 3.31. The van der Waals surface area contributed by atoms with Crippen LogP contribution in [0.4, 0.5) is 0 Å². The minimum absolute atomic E-state index is 0.101. The van der Waals surface area contributed by atoms with Crippen LogP contribution in [0, 0.1) is 0 Å². The van der Waals surface area contributed by atoms with Gasteiger partial charge in [0.05, 0.1) is 11.6 Å². The van der Waals surface area contributed by atoms with Crippen molar-refractivity contribution in [2.45, 2.75) is 13.0 Å². The monoisotopic (exact) mass is 330 g/mol. The molecule has 0 radical (unpaired) electrons. The van der Waals surface area contributed by atoms with Crippen LogP contribution in [0.5, 0.6) is 0 Å². The molecule has 0 aliphatic rings. The van der Waals surface area contributed by atoms with Crippen molar-refractivity contribution in [1.29, 1.82) is 0 Å². The first kappa shape index (κ1) is 15.2. The molecule has 124 valence electrons. The van der Waals surface area contributed by atoms with Crippen LogP contribution in [-0.2, 0) is 0 Å². The van der Waals surface area contributed by atoms with E-state index in [2.05, 4.69) is 10.4 Å². The standard InChI is InChI=1S/C20H18N4O/c1-15(16-7-9-17(10-8-16)23-11-4-5-12-23)21-20(25)19-14-18-6-2-3-13-24(18)22-19/h2-15H,1H3,(H,21,25)/t15-/m1/s1. The lowest BCUT2D eigenvalue weighted by Gasteiger charge is -2.14. The lowest BCUT2D eigenvalue weighted by atomic mass is 10.1. The Balaban J connectivity index is 1.49. The molecule has 1 atom stereocenters. The van der Waals surface area contributed by atoms with E-state index >= 15 is 0 Å². The van der Waals surface area contributed by atoms with Gasteiger partial charge >= 0.3 is 0 Å². The first-order valence-electron chi connectivity index (χ1n) is 8.19.